The maximum atomic E-state index is 12.1. The molecule has 0 spiro atoms. The molecule has 0 aromatic heterocycles. The quantitative estimate of drug-likeness (QED) is 0.654. The highest BCUT2D eigenvalue weighted by Crippen LogP contribution is 2.21. The molecule has 0 fully saturated rings. The van der Waals surface area contributed by atoms with Crippen molar-refractivity contribution in [1.82, 2.24) is 5.32 Å². The fourth-order valence-corrected chi connectivity index (χ4v) is 1.47. The first-order valence-corrected chi connectivity index (χ1v) is 5.67. The summed E-state index contributed by atoms with van der Waals surface area (Å²) >= 11 is 0. The van der Waals surface area contributed by atoms with Crippen LogP contribution in [0.25, 0.3) is 6.08 Å². The van der Waals surface area contributed by atoms with Crippen molar-refractivity contribution in [3.8, 4) is 0 Å². The van der Waals surface area contributed by atoms with E-state index in [1.165, 1.54) is 19.1 Å². The van der Waals surface area contributed by atoms with E-state index in [4.69, 9.17) is 5.73 Å². The van der Waals surface area contributed by atoms with E-state index < -0.39 is 24.5 Å². The van der Waals surface area contributed by atoms with Crippen molar-refractivity contribution in [2.75, 3.05) is 5.73 Å². The van der Waals surface area contributed by atoms with Gasteiger partial charge in [-0.05, 0) is 30.7 Å². The van der Waals surface area contributed by atoms with Crippen LogP contribution in [-0.2, 0) is 4.79 Å². The van der Waals surface area contributed by atoms with E-state index in [2.05, 4.69) is 5.32 Å². The predicted octanol–water partition coefficient (Wildman–Crippen LogP) is 2.74. The molecular weight excluding hydrogens is 257 g/mol. The molecule has 1 aromatic carbocycles. The molecule has 0 bridgehead atoms. The van der Waals surface area contributed by atoms with E-state index in [0.717, 1.165) is 5.56 Å². The van der Waals surface area contributed by atoms with Gasteiger partial charge in [0, 0.05) is 17.8 Å². The van der Waals surface area contributed by atoms with Crippen molar-refractivity contribution in [3.63, 3.8) is 0 Å². The van der Waals surface area contributed by atoms with Gasteiger partial charge in [-0.1, -0.05) is 12.1 Å². The Morgan fingerprint density at radius 3 is 2.47 bits per heavy atom. The summed E-state index contributed by atoms with van der Waals surface area (Å²) in [6.07, 6.45) is -2.63. The molecule has 0 saturated heterocycles. The number of hydrogen-bond acceptors (Lipinski definition) is 2. The second kappa shape index (κ2) is 6.26. The normalized spacial score (nSPS) is 13.5. The summed E-state index contributed by atoms with van der Waals surface area (Å²) in [4.78, 5) is 11.4. The van der Waals surface area contributed by atoms with E-state index >= 15 is 0 Å². The third-order valence-corrected chi connectivity index (χ3v) is 2.29. The average Bonchev–Trinajstić information content (AvgIpc) is 2.25. The number of nitrogens with two attached hydrogens (primary N) is 1. The molecule has 6 heteroatoms. The fourth-order valence-electron chi connectivity index (χ4n) is 1.47. The Morgan fingerprint density at radius 1 is 1.37 bits per heavy atom. The summed E-state index contributed by atoms with van der Waals surface area (Å²) in [6.45, 7) is 1.31. The third-order valence-electron chi connectivity index (χ3n) is 2.29. The summed E-state index contributed by atoms with van der Waals surface area (Å²) in [5.41, 5.74) is 6.84. The molecule has 0 aliphatic rings. The molecule has 1 rings (SSSR count). The molecule has 19 heavy (non-hydrogen) atoms. The number of alkyl halides is 3. The lowest BCUT2D eigenvalue weighted by atomic mass is 10.2. The monoisotopic (exact) mass is 272 g/mol. The van der Waals surface area contributed by atoms with E-state index in [0.29, 0.717) is 5.69 Å². The predicted molar refractivity (Wildman–Crippen MR) is 68.2 cm³/mol. The lowest BCUT2D eigenvalue weighted by Crippen LogP contribution is -2.34. The number of amides is 1. The van der Waals surface area contributed by atoms with E-state index in [1.54, 1.807) is 24.3 Å². The van der Waals surface area contributed by atoms with Gasteiger partial charge in [0.2, 0.25) is 5.91 Å². The number of nitrogen functional groups attached to an aromatic ring is 1. The third kappa shape index (κ3) is 6.49. The summed E-state index contributed by atoms with van der Waals surface area (Å²) in [7, 11) is 0. The Hall–Kier alpha value is -1.98. The van der Waals surface area contributed by atoms with Crippen molar-refractivity contribution in [3.05, 3.63) is 35.9 Å². The summed E-state index contributed by atoms with van der Waals surface area (Å²) in [5, 5.41) is 2.25. The molecule has 0 radical (unpaired) electrons. The van der Waals surface area contributed by atoms with Crippen LogP contribution in [-0.4, -0.2) is 18.1 Å². The number of carbonyl (C=O) groups is 1. The molecule has 0 heterocycles. The minimum atomic E-state index is -4.28. The fraction of sp³-hybridized carbons (Fsp3) is 0.308. The van der Waals surface area contributed by atoms with Crippen LogP contribution in [0.3, 0.4) is 0 Å². The van der Waals surface area contributed by atoms with Crippen LogP contribution in [0, 0.1) is 0 Å². The maximum Gasteiger partial charge on any atom is 0.391 e. The Kier molecular flexibility index (Phi) is 4.97. The zero-order valence-corrected chi connectivity index (χ0v) is 10.4. The molecule has 3 nitrogen and oxygen atoms in total. The molecule has 0 saturated carbocycles. The zero-order chi connectivity index (χ0) is 14.5. The van der Waals surface area contributed by atoms with Crippen LogP contribution >= 0.6 is 0 Å². The number of anilines is 1. The number of carbonyl (C=O) groups excluding carboxylic acids is 1. The van der Waals surface area contributed by atoms with Gasteiger partial charge in [-0.25, -0.2) is 0 Å². The number of halogens is 3. The van der Waals surface area contributed by atoms with Crippen LogP contribution in [0.2, 0.25) is 0 Å². The second-order valence-electron chi connectivity index (χ2n) is 4.23. The Bertz CT molecular complexity index is 452. The van der Waals surface area contributed by atoms with Crippen LogP contribution in [0.1, 0.15) is 18.9 Å². The van der Waals surface area contributed by atoms with Crippen molar-refractivity contribution in [2.45, 2.75) is 25.6 Å². The molecule has 1 atom stereocenters. The topological polar surface area (TPSA) is 55.1 Å². The SMILES string of the molecule is CC(CC(F)(F)F)NC(=O)/C=C/c1ccc(N)cc1. The van der Waals surface area contributed by atoms with Gasteiger partial charge in [0.15, 0.2) is 0 Å². The van der Waals surface area contributed by atoms with Crippen LogP contribution < -0.4 is 11.1 Å². The molecule has 1 aromatic rings. The van der Waals surface area contributed by atoms with Gasteiger partial charge >= 0.3 is 6.18 Å². The largest absolute Gasteiger partial charge is 0.399 e. The van der Waals surface area contributed by atoms with E-state index in [9.17, 15) is 18.0 Å². The minimum absolute atomic E-state index is 0.562. The van der Waals surface area contributed by atoms with Crippen molar-refractivity contribution in [2.24, 2.45) is 0 Å². The Balaban J connectivity index is 2.49. The highest BCUT2D eigenvalue weighted by atomic mass is 19.4. The van der Waals surface area contributed by atoms with Crippen molar-refractivity contribution >= 4 is 17.7 Å². The van der Waals surface area contributed by atoms with E-state index in [-0.39, 0.29) is 0 Å². The number of nitrogens with one attached hydrogen (secondary N) is 1. The first-order valence-electron chi connectivity index (χ1n) is 5.67. The average molecular weight is 272 g/mol. The standard InChI is InChI=1S/C13H15F3N2O/c1-9(8-13(14,15)16)18-12(19)7-4-10-2-5-11(17)6-3-10/h2-7,9H,8,17H2,1H3,(H,18,19)/b7-4+. The first-order chi connectivity index (χ1) is 8.76. The van der Waals surface area contributed by atoms with Gasteiger partial charge < -0.3 is 11.1 Å². The van der Waals surface area contributed by atoms with Gasteiger partial charge in [-0.2, -0.15) is 13.2 Å². The lowest BCUT2D eigenvalue weighted by molar-refractivity contribution is -0.140. The van der Waals surface area contributed by atoms with Crippen LogP contribution in [0.4, 0.5) is 18.9 Å². The van der Waals surface area contributed by atoms with Crippen LogP contribution in [0.5, 0.6) is 0 Å². The molecule has 0 aliphatic heterocycles. The Morgan fingerprint density at radius 2 is 1.95 bits per heavy atom. The molecular formula is C13H15F3N2O. The number of benzene rings is 1. The van der Waals surface area contributed by atoms with Gasteiger partial charge in [-0.15, -0.1) is 0 Å². The number of hydrogen-bond donors (Lipinski definition) is 2. The lowest BCUT2D eigenvalue weighted by Gasteiger charge is -2.14. The molecule has 3 N–H and O–H groups in total. The van der Waals surface area contributed by atoms with Crippen molar-refractivity contribution < 1.29 is 18.0 Å². The van der Waals surface area contributed by atoms with Gasteiger partial charge in [0.1, 0.15) is 0 Å². The summed E-state index contributed by atoms with van der Waals surface area (Å²) in [5.74, 6) is -0.562. The zero-order valence-electron chi connectivity index (χ0n) is 10.4. The van der Waals surface area contributed by atoms with Crippen LogP contribution in [0.15, 0.2) is 30.3 Å². The maximum absolute atomic E-state index is 12.1. The van der Waals surface area contributed by atoms with Gasteiger partial charge in [0.25, 0.3) is 0 Å². The van der Waals surface area contributed by atoms with Gasteiger partial charge in [0.05, 0.1) is 6.42 Å². The molecule has 104 valence electrons. The summed E-state index contributed by atoms with van der Waals surface area (Å²) < 4.78 is 36.2. The molecule has 1 unspecified atom stereocenters. The Labute approximate surface area is 109 Å². The van der Waals surface area contributed by atoms with E-state index in [1.807, 2.05) is 0 Å². The molecule has 0 aliphatic carbocycles. The van der Waals surface area contributed by atoms with Crippen molar-refractivity contribution in [1.29, 1.82) is 0 Å². The first kappa shape index (κ1) is 15.1. The molecule has 1 amide bonds. The smallest absolute Gasteiger partial charge is 0.391 e. The van der Waals surface area contributed by atoms with Gasteiger partial charge in [-0.3, -0.25) is 4.79 Å². The highest BCUT2D eigenvalue weighted by Gasteiger charge is 2.30. The number of rotatable bonds is 4. The summed E-state index contributed by atoms with van der Waals surface area (Å²) in [6, 6.07) is 5.80. The highest BCUT2D eigenvalue weighted by molar-refractivity contribution is 5.91. The second-order valence-corrected chi connectivity index (χ2v) is 4.23. The minimum Gasteiger partial charge on any atom is -0.399 e.